The normalized spacial score (nSPS) is 38.6. The first-order valence-electron chi connectivity index (χ1n) is 14.8. The average molecular weight is 513 g/mol. The van der Waals surface area contributed by atoms with Gasteiger partial charge in [-0.05, 0) is 91.3 Å². The van der Waals surface area contributed by atoms with Crippen LogP contribution in [0.3, 0.4) is 0 Å². The van der Waals surface area contributed by atoms with Crippen molar-refractivity contribution < 1.29 is 9.53 Å². The molecule has 3 saturated carbocycles. The summed E-state index contributed by atoms with van der Waals surface area (Å²) in [6, 6.07) is 0. The van der Waals surface area contributed by atoms with E-state index in [1.807, 2.05) is 0 Å². The van der Waals surface area contributed by atoms with Gasteiger partial charge in [0.25, 0.3) is 0 Å². The monoisotopic (exact) mass is 512 g/mol. The Morgan fingerprint density at radius 2 is 1.97 bits per heavy atom. The van der Waals surface area contributed by atoms with E-state index in [4.69, 9.17) is 4.74 Å². The van der Waals surface area contributed by atoms with E-state index >= 15 is 0 Å². The van der Waals surface area contributed by atoms with Crippen LogP contribution in [0.1, 0.15) is 105 Å². The Labute approximate surface area is 223 Å². The lowest BCUT2D eigenvalue weighted by molar-refractivity contribution is -0.0573. The lowest BCUT2D eigenvalue weighted by Crippen LogP contribution is -2.51. The standard InChI is InChI=1S/C31H48N2O2S/c1-21(2)7-6-8-22(3)26-11-12-27-25-10-9-23-19-24(35-29(34)36-33-18-17-32-20-33)13-15-30(23,4)28(25)14-16-31(26,27)5/h9,17-18,20-22,24-28H,6-8,10-16,19H2,1-5H3/t22-,24+,25+,26-,27+,28+,30+,31-/m1/s1. The summed E-state index contributed by atoms with van der Waals surface area (Å²) < 4.78 is 7.61. The molecule has 3 fully saturated rings. The number of carbonyl (C=O) groups excluding carboxylic acids is 1. The quantitative estimate of drug-likeness (QED) is 0.270. The summed E-state index contributed by atoms with van der Waals surface area (Å²) in [4.78, 5) is 16.5. The highest BCUT2D eigenvalue weighted by Crippen LogP contribution is 2.67. The summed E-state index contributed by atoms with van der Waals surface area (Å²) in [5.41, 5.74) is 2.42. The van der Waals surface area contributed by atoms with Gasteiger partial charge in [-0.1, -0.05) is 65.5 Å². The van der Waals surface area contributed by atoms with E-state index in [1.54, 1.807) is 28.3 Å². The van der Waals surface area contributed by atoms with Crippen LogP contribution in [0.2, 0.25) is 0 Å². The van der Waals surface area contributed by atoms with E-state index in [2.05, 4.69) is 45.7 Å². The summed E-state index contributed by atoms with van der Waals surface area (Å²) >= 11 is 1.08. The van der Waals surface area contributed by atoms with Gasteiger partial charge in [0.15, 0.2) is 0 Å². The van der Waals surface area contributed by atoms with Crippen molar-refractivity contribution in [3.63, 3.8) is 0 Å². The average Bonchev–Trinajstić information content (AvgIpc) is 3.46. The maximum atomic E-state index is 12.5. The molecule has 0 aliphatic heterocycles. The minimum absolute atomic E-state index is 0.0146. The van der Waals surface area contributed by atoms with Crippen molar-refractivity contribution in [3.05, 3.63) is 30.4 Å². The molecule has 36 heavy (non-hydrogen) atoms. The van der Waals surface area contributed by atoms with Gasteiger partial charge in [0.2, 0.25) is 0 Å². The number of carbonyl (C=O) groups is 1. The molecule has 1 heterocycles. The molecular formula is C31H48N2O2S. The topological polar surface area (TPSA) is 44.1 Å². The Bertz CT molecular complexity index is 942. The van der Waals surface area contributed by atoms with Gasteiger partial charge in [0.1, 0.15) is 12.4 Å². The highest BCUT2D eigenvalue weighted by atomic mass is 32.2. The number of hydrogen-bond acceptors (Lipinski definition) is 4. The fourth-order valence-corrected chi connectivity index (χ4v) is 9.87. The fourth-order valence-electron chi connectivity index (χ4n) is 9.30. The van der Waals surface area contributed by atoms with Crippen LogP contribution in [-0.4, -0.2) is 20.4 Å². The minimum Gasteiger partial charge on any atom is -0.453 e. The number of nitrogens with zero attached hydrogens (tertiary/aromatic N) is 2. The van der Waals surface area contributed by atoms with Crippen LogP contribution in [0.15, 0.2) is 30.4 Å². The lowest BCUT2D eigenvalue weighted by atomic mass is 9.47. The molecule has 0 bridgehead atoms. The molecule has 4 aliphatic rings. The molecule has 5 heteroatoms. The summed E-state index contributed by atoms with van der Waals surface area (Å²) in [5, 5.41) is -0.219. The molecule has 0 spiro atoms. The molecule has 0 unspecified atom stereocenters. The molecule has 0 saturated heterocycles. The maximum absolute atomic E-state index is 12.5. The number of allylic oxidation sites excluding steroid dienone is 1. The SMILES string of the molecule is CC(C)CCC[C@@H](C)[C@H]1CC[C@H]2[C@@H]3CC=C4C[C@@H](OC(=O)Sn5ccnc5)CC[C@]4(C)[C@H]3CC[C@]12C. The molecule has 200 valence electrons. The van der Waals surface area contributed by atoms with E-state index in [1.165, 1.54) is 51.4 Å². The highest BCUT2D eigenvalue weighted by molar-refractivity contribution is 8.11. The number of fused-ring (bicyclic) bond motifs is 5. The zero-order valence-electron chi connectivity index (χ0n) is 23.2. The molecule has 5 rings (SSSR count). The van der Waals surface area contributed by atoms with Crippen LogP contribution in [0.25, 0.3) is 0 Å². The van der Waals surface area contributed by atoms with Gasteiger partial charge in [0, 0.05) is 18.8 Å². The Morgan fingerprint density at radius 1 is 1.14 bits per heavy atom. The smallest absolute Gasteiger partial charge is 0.388 e. The van der Waals surface area contributed by atoms with Crippen molar-refractivity contribution in [2.75, 3.05) is 0 Å². The molecule has 0 aromatic carbocycles. The summed E-state index contributed by atoms with van der Waals surface area (Å²) in [6.45, 7) is 12.5. The van der Waals surface area contributed by atoms with Gasteiger partial charge in [-0.15, -0.1) is 0 Å². The Kier molecular flexibility index (Phi) is 7.69. The Balaban J connectivity index is 1.23. The molecule has 0 N–H and O–H groups in total. The second-order valence-electron chi connectivity index (χ2n) is 13.5. The first-order chi connectivity index (χ1) is 17.2. The van der Waals surface area contributed by atoms with Gasteiger partial charge in [-0.25, -0.2) is 9.78 Å². The Hall–Kier alpha value is -1.23. The molecular weight excluding hydrogens is 464 g/mol. The van der Waals surface area contributed by atoms with Crippen LogP contribution < -0.4 is 0 Å². The highest BCUT2D eigenvalue weighted by Gasteiger charge is 2.59. The van der Waals surface area contributed by atoms with Crippen molar-refractivity contribution in [2.45, 2.75) is 111 Å². The van der Waals surface area contributed by atoms with Gasteiger partial charge < -0.3 is 4.74 Å². The molecule has 1 aromatic heterocycles. The second kappa shape index (κ2) is 10.5. The number of imidazole rings is 1. The predicted molar refractivity (Wildman–Crippen MR) is 149 cm³/mol. The van der Waals surface area contributed by atoms with Gasteiger partial charge in [-0.2, -0.15) is 0 Å². The van der Waals surface area contributed by atoms with E-state index in [0.29, 0.717) is 10.8 Å². The number of hydrogen-bond donors (Lipinski definition) is 0. The van der Waals surface area contributed by atoms with Crippen LogP contribution in [-0.2, 0) is 4.74 Å². The third-order valence-electron chi connectivity index (χ3n) is 11.2. The maximum Gasteiger partial charge on any atom is 0.388 e. The summed E-state index contributed by atoms with van der Waals surface area (Å²) in [6.07, 6.45) is 21.9. The van der Waals surface area contributed by atoms with Crippen LogP contribution in [0.5, 0.6) is 0 Å². The molecule has 8 atom stereocenters. The van der Waals surface area contributed by atoms with Gasteiger partial charge >= 0.3 is 5.30 Å². The fraction of sp³-hybridized carbons (Fsp3) is 0.806. The number of aromatic nitrogens is 2. The van der Waals surface area contributed by atoms with Crippen molar-refractivity contribution in [3.8, 4) is 0 Å². The third-order valence-corrected chi connectivity index (χ3v) is 11.9. The predicted octanol–water partition coefficient (Wildman–Crippen LogP) is 8.93. The van der Waals surface area contributed by atoms with Crippen LogP contribution >= 0.6 is 11.9 Å². The van der Waals surface area contributed by atoms with E-state index in [0.717, 1.165) is 66.7 Å². The second-order valence-corrected chi connectivity index (χ2v) is 14.5. The van der Waals surface area contributed by atoms with Crippen molar-refractivity contribution in [2.24, 2.45) is 46.3 Å². The molecule has 4 nitrogen and oxygen atoms in total. The van der Waals surface area contributed by atoms with Gasteiger partial charge in [-0.3, -0.25) is 3.97 Å². The number of rotatable bonds is 7. The van der Waals surface area contributed by atoms with E-state index in [9.17, 15) is 4.79 Å². The molecule has 1 aromatic rings. The number of ether oxygens (including phenoxy) is 1. The van der Waals surface area contributed by atoms with Gasteiger partial charge in [0.05, 0.1) is 11.9 Å². The van der Waals surface area contributed by atoms with Crippen molar-refractivity contribution >= 4 is 17.2 Å². The summed E-state index contributed by atoms with van der Waals surface area (Å²) in [5.74, 6) is 5.16. The van der Waals surface area contributed by atoms with Crippen molar-refractivity contribution in [1.82, 2.24) is 8.96 Å². The lowest BCUT2D eigenvalue weighted by Gasteiger charge is -2.58. The van der Waals surface area contributed by atoms with E-state index in [-0.39, 0.29) is 11.4 Å². The van der Waals surface area contributed by atoms with Crippen molar-refractivity contribution in [1.29, 1.82) is 0 Å². The molecule has 4 aliphatic carbocycles. The zero-order valence-corrected chi connectivity index (χ0v) is 24.1. The zero-order chi connectivity index (χ0) is 25.5. The molecule has 0 radical (unpaired) electrons. The minimum atomic E-state index is -0.219. The third kappa shape index (κ3) is 4.95. The first-order valence-corrected chi connectivity index (χ1v) is 15.5. The summed E-state index contributed by atoms with van der Waals surface area (Å²) in [7, 11) is 0. The first kappa shape index (κ1) is 26.4. The van der Waals surface area contributed by atoms with Crippen LogP contribution in [0.4, 0.5) is 4.79 Å². The van der Waals surface area contributed by atoms with E-state index < -0.39 is 0 Å². The Morgan fingerprint density at radius 3 is 2.72 bits per heavy atom. The van der Waals surface area contributed by atoms with Crippen LogP contribution in [0, 0.1) is 46.3 Å². The molecule has 0 amide bonds. The largest absolute Gasteiger partial charge is 0.453 e.